The molecule has 1 heterocycles. The van der Waals surface area contributed by atoms with Crippen LogP contribution in [0.1, 0.15) is 71.7 Å². The van der Waals surface area contributed by atoms with E-state index in [2.05, 4.69) is 4.52 Å². The van der Waals surface area contributed by atoms with Gasteiger partial charge in [-0.1, -0.05) is 52.8 Å². The maximum atomic E-state index is 14.9. The summed E-state index contributed by atoms with van der Waals surface area (Å²) in [5.41, 5.74) is -7.11. The molecule has 10 atom stereocenters. The number of carbonyl (C=O) groups excluding carboxylic acids is 3. The molecule has 1 aliphatic heterocycles. The lowest BCUT2D eigenvalue weighted by Gasteiger charge is -2.67. The largest absolute Gasteiger partial charge is 0.471 e. The van der Waals surface area contributed by atoms with E-state index < -0.39 is 96.7 Å². The average Bonchev–Trinajstić information content (AvgIpc) is 3.01. The predicted octanol–water partition coefficient (Wildman–Crippen LogP) is 2.45. The first-order valence-electron chi connectivity index (χ1n) is 16.4. The van der Waals surface area contributed by atoms with Crippen LogP contribution in [-0.4, -0.2) is 98.0 Å². The van der Waals surface area contributed by atoms with Crippen LogP contribution in [0.4, 0.5) is 0 Å². The van der Waals surface area contributed by atoms with Crippen molar-refractivity contribution < 1.29 is 67.5 Å². The minimum Gasteiger partial charge on any atom is -0.458 e. The summed E-state index contributed by atoms with van der Waals surface area (Å²) in [6, 6.07) is 7.92. The molecule has 15 heteroatoms. The summed E-state index contributed by atoms with van der Waals surface area (Å²) >= 11 is 0. The summed E-state index contributed by atoms with van der Waals surface area (Å²) < 4.78 is 39.7. The van der Waals surface area contributed by atoms with E-state index in [-0.39, 0.29) is 36.5 Å². The maximum absolute atomic E-state index is 14.9. The van der Waals surface area contributed by atoms with Crippen molar-refractivity contribution in [2.45, 2.75) is 103 Å². The molecule has 0 amide bonds. The van der Waals surface area contributed by atoms with Gasteiger partial charge in [0.05, 0.1) is 35.7 Å². The lowest BCUT2D eigenvalue weighted by atomic mass is 9.44. The molecular formula is C34H47O14P. The van der Waals surface area contributed by atoms with Gasteiger partial charge in [0.25, 0.3) is 0 Å². The molecule has 1 aromatic rings. The molecule has 2 bridgehead atoms. The highest BCUT2D eigenvalue weighted by Gasteiger charge is 2.76. The number of rotatable bonds is 9. The second-order valence-electron chi connectivity index (χ2n) is 14.9. The van der Waals surface area contributed by atoms with Crippen LogP contribution in [0.25, 0.3) is 0 Å². The van der Waals surface area contributed by atoms with E-state index in [1.54, 1.807) is 45.9 Å². The Kier molecular flexibility index (Phi) is 9.94. The first-order chi connectivity index (χ1) is 22.6. The third-order valence-electron chi connectivity index (χ3n) is 11.7. The zero-order valence-electron chi connectivity index (χ0n) is 28.7. The van der Waals surface area contributed by atoms with Crippen molar-refractivity contribution in [1.29, 1.82) is 0 Å². The van der Waals surface area contributed by atoms with Gasteiger partial charge in [-0.05, 0) is 43.0 Å². The third-order valence-corrected chi connectivity index (χ3v) is 12.1. The Hall–Kier alpha value is -2.52. The van der Waals surface area contributed by atoms with Crippen LogP contribution in [-0.2, 0) is 37.6 Å². The quantitative estimate of drug-likeness (QED) is 0.108. The number of Topliss-reactive ketones (excluding diaryl/α,β-unsaturated/α-hetero) is 1. The van der Waals surface area contributed by atoms with Gasteiger partial charge in [0.1, 0.15) is 29.5 Å². The molecular weight excluding hydrogens is 663 g/mol. The van der Waals surface area contributed by atoms with Crippen LogP contribution >= 0.6 is 7.82 Å². The summed E-state index contributed by atoms with van der Waals surface area (Å²) in [6.07, 6.45) is -7.64. The van der Waals surface area contributed by atoms with Gasteiger partial charge in [-0.15, -0.1) is 0 Å². The van der Waals surface area contributed by atoms with Crippen molar-refractivity contribution in [3.63, 3.8) is 0 Å². The van der Waals surface area contributed by atoms with Crippen molar-refractivity contribution in [2.24, 2.45) is 28.6 Å². The van der Waals surface area contributed by atoms with E-state index in [9.17, 15) is 44.1 Å². The fourth-order valence-electron chi connectivity index (χ4n) is 8.30. The van der Waals surface area contributed by atoms with E-state index in [0.29, 0.717) is 5.57 Å². The molecule has 4 aliphatic rings. The highest BCUT2D eigenvalue weighted by Crippen LogP contribution is 2.63. The van der Waals surface area contributed by atoms with Crippen molar-refractivity contribution in [2.75, 3.05) is 13.4 Å². The summed E-state index contributed by atoms with van der Waals surface area (Å²) in [5, 5.41) is 37.6. The number of aliphatic hydroxyl groups is 3. The molecule has 14 nitrogen and oxygen atoms in total. The van der Waals surface area contributed by atoms with Gasteiger partial charge in [-0.3, -0.25) is 14.1 Å². The Morgan fingerprint density at radius 3 is 2.24 bits per heavy atom. The van der Waals surface area contributed by atoms with Gasteiger partial charge in [0.15, 0.2) is 12.6 Å². The Morgan fingerprint density at radius 2 is 1.69 bits per heavy atom. The molecule has 1 aromatic carbocycles. The Balaban J connectivity index is 1.74. The fourth-order valence-corrected chi connectivity index (χ4v) is 8.50. The number of hydrogen-bond acceptors (Lipinski definition) is 12. The number of aliphatic hydroxyl groups excluding tert-OH is 1. The number of esters is 2. The number of benzene rings is 1. The average molecular weight is 711 g/mol. The van der Waals surface area contributed by atoms with Crippen molar-refractivity contribution >= 4 is 25.5 Å². The van der Waals surface area contributed by atoms with Crippen LogP contribution in [0.15, 0.2) is 41.5 Å². The molecule has 5 N–H and O–H groups in total. The zero-order chi connectivity index (χ0) is 36.5. The Labute approximate surface area is 285 Å². The van der Waals surface area contributed by atoms with Crippen molar-refractivity contribution in [3.05, 3.63) is 47.0 Å². The van der Waals surface area contributed by atoms with Crippen LogP contribution in [0.2, 0.25) is 0 Å². The standard InChI is InChI=1S/C34H47O14P/c1-17(2)18(3)29(37)47-21-14-34(40)28(48-30(38)20-11-9-8-10-12-20)26-32(7,27(36)25(35)24(19(21)4)31(34,5)6)22(45-16-46-49(41,42)43)13-23-33(26,39)15-44-23/h8-12,17-18,21-23,25-26,28,35,39-40H,13-16H2,1-7H3,(H2,41,42,43)/t18-,21?,22?,23?,25?,26?,28?,32-,33?,34?/m1/s1. The second kappa shape index (κ2) is 12.9. The monoisotopic (exact) mass is 710 g/mol. The number of fused-ring (bicyclic) bond motifs is 5. The highest BCUT2D eigenvalue weighted by atomic mass is 31.2. The van der Waals surface area contributed by atoms with E-state index in [1.807, 2.05) is 13.8 Å². The fraction of sp³-hybridized carbons (Fsp3) is 0.676. The first-order valence-corrected chi connectivity index (χ1v) is 17.9. The van der Waals surface area contributed by atoms with E-state index in [4.69, 9.17) is 18.9 Å². The number of hydrogen-bond donors (Lipinski definition) is 5. The van der Waals surface area contributed by atoms with Gasteiger partial charge in [-0.25, -0.2) is 9.36 Å². The smallest absolute Gasteiger partial charge is 0.458 e. The normalized spacial score (nSPS) is 37.6. The summed E-state index contributed by atoms with van der Waals surface area (Å²) in [7, 11) is -5.01. The minimum atomic E-state index is -5.01. The molecule has 3 fully saturated rings. The highest BCUT2D eigenvalue weighted by molar-refractivity contribution is 7.46. The van der Waals surface area contributed by atoms with Gasteiger partial charge in [0, 0.05) is 24.2 Å². The molecule has 5 rings (SSSR count). The first kappa shape index (κ1) is 37.7. The third kappa shape index (κ3) is 6.13. The van der Waals surface area contributed by atoms with Gasteiger partial charge >= 0.3 is 19.8 Å². The summed E-state index contributed by atoms with van der Waals surface area (Å²) in [4.78, 5) is 60.7. The molecule has 1 saturated heterocycles. The molecule has 0 aromatic heterocycles. The zero-order valence-corrected chi connectivity index (χ0v) is 29.6. The van der Waals surface area contributed by atoms with Gasteiger partial charge < -0.3 is 44.1 Å². The van der Waals surface area contributed by atoms with Crippen LogP contribution in [0.5, 0.6) is 0 Å². The lowest BCUT2D eigenvalue weighted by Crippen LogP contribution is -2.81. The summed E-state index contributed by atoms with van der Waals surface area (Å²) in [5.74, 6) is -4.45. The van der Waals surface area contributed by atoms with Gasteiger partial charge in [-0.2, -0.15) is 0 Å². The number of ether oxygens (including phenoxy) is 4. The Bertz CT molecular complexity index is 1550. The number of phosphoric acid groups is 1. The molecule has 272 valence electrons. The lowest BCUT2D eigenvalue weighted by molar-refractivity contribution is -0.349. The minimum absolute atomic E-state index is 0.0471. The van der Waals surface area contributed by atoms with Crippen molar-refractivity contribution in [3.8, 4) is 0 Å². The molecule has 0 spiro atoms. The topological polar surface area (TPSA) is 216 Å². The second-order valence-corrected chi connectivity index (χ2v) is 16.2. The molecule has 3 aliphatic carbocycles. The predicted molar refractivity (Wildman–Crippen MR) is 170 cm³/mol. The number of phosphoric ester groups is 1. The number of ketones is 1. The van der Waals surface area contributed by atoms with Crippen molar-refractivity contribution in [1.82, 2.24) is 0 Å². The van der Waals surface area contributed by atoms with E-state index in [1.165, 1.54) is 19.1 Å². The molecule has 2 saturated carbocycles. The van der Waals surface area contributed by atoms with Crippen LogP contribution in [0.3, 0.4) is 0 Å². The summed E-state index contributed by atoms with van der Waals surface area (Å²) in [6.45, 7) is 10.3. The van der Waals surface area contributed by atoms with E-state index in [0.717, 1.165) is 0 Å². The van der Waals surface area contributed by atoms with Crippen LogP contribution in [0, 0.1) is 28.6 Å². The van der Waals surface area contributed by atoms with E-state index >= 15 is 0 Å². The van der Waals surface area contributed by atoms with Gasteiger partial charge in [0.2, 0.25) is 0 Å². The maximum Gasteiger partial charge on any atom is 0.471 e. The molecule has 0 radical (unpaired) electrons. The van der Waals surface area contributed by atoms with Crippen LogP contribution < -0.4 is 0 Å². The molecule has 49 heavy (non-hydrogen) atoms. The SMILES string of the molecule is CC1=C2C(O)C(=O)[C@]3(C)C(OCOP(=O)(O)O)CC4OCC4(O)C3C(OC(=O)c3ccccc3)C(O)(CC1OC(=O)[C@H](C)C(C)C)C2(C)C. The molecule has 8 unspecified atom stereocenters. The Morgan fingerprint density at radius 1 is 1.06 bits per heavy atom. The number of carbonyl (C=O) groups is 3.